The first-order valence-electron chi connectivity index (χ1n) is 5.68. The fourth-order valence-corrected chi connectivity index (χ4v) is 1.53. The maximum absolute atomic E-state index is 11.7. The van der Waals surface area contributed by atoms with Gasteiger partial charge >= 0.3 is 5.97 Å². The molecule has 0 bridgehead atoms. The number of pyridine rings is 1. The third-order valence-corrected chi connectivity index (χ3v) is 2.47. The fourth-order valence-electron chi connectivity index (χ4n) is 1.32. The lowest BCUT2D eigenvalue weighted by Gasteiger charge is -2.06. The summed E-state index contributed by atoms with van der Waals surface area (Å²) in [7, 11) is 0. The van der Waals surface area contributed by atoms with Gasteiger partial charge in [0.05, 0.1) is 17.2 Å². The largest absolute Gasteiger partial charge is 0.466 e. The molecule has 0 aromatic carbocycles. The van der Waals surface area contributed by atoms with Crippen LogP contribution in [0.25, 0.3) is 0 Å². The summed E-state index contributed by atoms with van der Waals surface area (Å²) in [6.07, 6.45) is 3.74. The Kier molecular flexibility index (Phi) is 6.14. The number of nitrogens with zero attached hydrogens (tertiary/aromatic N) is 1. The molecular weight excluding hydrogens is 256 g/mol. The number of hydrogen-bond donors (Lipinski definition) is 1. The number of halogens is 1. The Balaban J connectivity index is 2.30. The van der Waals surface area contributed by atoms with E-state index in [4.69, 9.17) is 16.3 Å². The summed E-state index contributed by atoms with van der Waals surface area (Å²) in [5, 5.41) is 2.98. The van der Waals surface area contributed by atoms with E-state index in [1.54, 1.807) is 13.0 Å². The van der Waals surface area contributed by atoms with E-state index in [2.05, 4.69) is 10.3 Å². The van der Waals surface area contributed by atoms with Gasteiger partial charge in [-0.1, -0.05) is 11.6 Å². The predicted octanol–water partition coefficient (Wildman–Crippen LogP) is 1.81. The maximum atomic E-state index is 11.7. The molecule has 1 heterocycles. The summed E-state index contributed by atoms with van der Waals surface area (Å²) in [6, 6.07) is 1.54. The van der Waals surface area contributed by atoms with Crippen molar-refractivity contribution in [3.63, 3.8) is 0 Å². The first-order valence-corrected chi connectivity index (χ1v) is 6.06. The van der Waals surface area contributed by atoms with Crippen molar-refractivity contribution in [1.82, 2.24) is 10.3 Å². The SMILES string of the molecule is CCOC(=O)CCCNC(=O)c1ccncc1Cl. The second-order valence-electron chi connectivity index (χ2n) is 3.52. The summed E-state index contributed by atoms with van der Waals surface area (Å²) in [5.74, 6) is -0.528. The highest BCUT2D eigenvalue weighted by molar-refractivity contribution is 6.33. The number of nitrogens with one attached hydrogen (secondary N) is 1. The third-order valence-electron chi connectivity index (χ3n) is 2.17. The van der Waals surface area contributed by atoms with Crippen LogP contribution in [0.3, 0.4) is 0 Å². The minimum Gasteiger partial charge on any atom is -0.466 e. The van der Waals surface area contributed by atoms with Crippen LogP contribution >= 0.6 is 11.6 Å². The van der Waals surface area contributed by atoms with E-state index in [9.17, 15) is 9.59 Å². The van der Waals surface area contributed by atoms with E-state index in [1.807, 2.05) is 0 Å². The Morgan fingerprint density at radius 3 is 2.94 bits per heavy atom. The molecule has 0 aliphatic carbocycles. The minimum atomic E-state index is -0.272. The molecule has 0 unspecified atom stereocenters. The highest BCUT2D eigenvalue weighted by Gasteiger charge is 2.09. The zero-order valence-electron chi connectivity index (χ0n) is 10.1. The Bertz CT molecular complexity index is 424. The number of rotatable bonds is 6. The number of amides is 1. The number of esters is 1. The molecule has 6 heteroatoms. The van der Waals surface area contributed by atoms with Gasteiger partial charge in [0.1, 0.15) is 0 Å². The average Bonchev–Trinajstić information content (AvgIpc) is 2.35. The van der Waals surface area contributed by atoms with Gasteiger partial charge in [-0.2, -0.15) is 0 Å². The molecule has 0 saturated carbocycles. The van der Waals surface area contributed by atoms with Crippen LogP contribution in [0.5, 0.6) is 0 Å². The van der Waals surface area contributed by atoms with Crippen molar-refractivity contribution in [2.45, 2.75) is 19.8 Å². The van der Waals surface area contributed by atoms with Gasteiger partial charge in [-0.15, -0.1) is 0 Å². The zero-order valence-corrected chi connectivity index (χ0v) is 10.9. The summed E-state index contributed by atoms with van der Waals surface area (Å²) < 4.78 is 4.77. The van der Waals surface area contributed by atoms with Crippen molar-refractivity contribution in [3.05, 3.63) is 29.0 Å². The maximum Gasteiger partial charge on any atom is 0.305 e. The molecule has 1 aromatic heterocycles. The number of aromatic nitrogens is 1. The average molecular weight is 271 g/mol. The molecule has 0 saturated heterocycles. The van der Waals surface area contributed by atoms with Gasteiger partial charge in [-0.3, -0.25) is 14.6 Å². The fraction of sp³-hybridized carbons (Fsp3) is 0.417. The molecule has 18 heavy (non-hydrogen) atoms. The van der Waals surface area contributed by atoms with E-state index < -0.39 is 0 Å². The highest BCUT2D eigenvalue weighted by atomic mass is 35.5. The van der Waals surface area contributed by atoms with Gasteiger partial charge in [-0.25, -0.2) is 0 Å². The lowest BCUT2D eigenvalue weighted by molar-refractivity contribution is -0.143. The molecular formula is C12H15ClN2O3. The van der Waals surface area contributed by atoms with E-state index in [0.717, 1.165) is 0 Å². The van der Waals surface area contributed by atoms with Crippen molar-refractivity contribution >= 4 is 23.5 Å². The molecule has 5 nitrogen and oxygen atoms in total. The molecule has 1 N–H and O–H groups in total. The molecule has 0 atom stereocenters. The quantitative estimate of drug-likeness (QED) is 0.632. The highest BCUT2D eigenvalue weighted by Crippen LogP contribution is 2.12. The van der Waals surface area contributed by atoms with Crippen LogP contribution in [0.4, 0.5) is 0 Å². The third kappa shape index (κ3) is 4.71. The van der Waals surface area contributed by atoms with Gasteiger partial charge in [-0.05, 0) is 19.4 Å². The van der Waals surface area contributed by atoms with Gasteiger partial charge in [0.25, 0.3) is 5.91 Å². The Hall–Kier alpha value is -1.62. The van der Waals surface area contributed by atoms with Crippen LogP contribution in [0.1, 0.15) is 30.1 Å². The second kappa shape index (κ2) is 7.66. The van der Waals surface area contributed by atoms with Crippen molar-refractivity contribution in [2.24, 2.45) is 0 Å². The van der Waals surface area contributed by atoms with Crippen LogP contribution in [0.15, 0.2) is 18.5 Å². The lowest BCUT2D eigenvalue weighted by Crippen LogP contribution is -2.25. The van der Waals surface area contributed by atoms with E-state index in [1.165, 1.54) is 12.4 Å². The van der Waals surface area contributed by atoms with Gasteiger partial charge in [0.15, 0.2) is 0 Å². The smallest absolute Gasteiger partial charge is 0.305 e. The van der Waals surface area contributed by atoms with Crippen LogP contribution in [0, 0.1) is 0 Å². The monoisotopic (exact) mass is 270 g/mol. The Morgan fingerprint density at radius 2 is 2.28 bits per heavy atom. The molecule has 1 aromatic rings. The predicted molar refractivity (Wildman–Crippen MR) is 67.4 cm³/mol. The molecule has 98 valence electrons. The number of carbonyl (C=O) groups excluding carboxylic acids is 2. The zero-order chi connectivity index (χ0) is 13.4. The first kappa shape index (κ1) is 14.4. The van der Waals surface area contributed by atoms with Crippen molar-refractivity contribution in [3.8, 4) is 0 Å². The minimum absolute atomic E-state index is 0.256. The summed E-state index contributed by atoms with van der Waals surface area (Å²) in [6.45, 7) is 2.53. The lowest BCUT2D eigenvalue weighted by atomic mass is 10.2. The summed E-state index contributed by atoms with van der Waals surface area (Å²) in [4.78, 5) is 26.5. The van der Waals surface area contributed by atoms with Crippen LogP contribution < -0.4 is 5.32 Å². The molecule has 1 amide bonds. The van der Waals surface area contributed by atoms with E-state index >= 15 is 0 Å². The van der Waals surface area contributed by atoms with Crippen LogP contribution in [0.2, 0.25) is 5.02 Å². The summed E-state index contributed by atoms with van der Waals surface area (Å²) in [5.41, 5.74) is 0.378. The van der Waals surface area contributed by atoms with Crippen molar-refractivity contribution in [2.75, 3.05) is 13.2 Å². The molecule has 0 spiro atoms. The van der Waals surface area contributed by atoms with Crippen LogP contribution in [-0.2, 0) is 9.53 Å². The van der Waals surface area contributed by atoms with E-state index in [0.29, 0.717) is 30.2 Å². The second-order valence-corrected chi connectivity index (χ2v) is 3.93. The number of ether oxygens (including phenoxy) is 1. The molecule has 0 aliphatic rings. The van der Waals surface area contributed by atoms with E-state index in [-0.39, 0.29) is 18.3 Å². The van der Waals surface area contributed by atoms with Crippen LogP contribution in [-0.4, -0.2) is 30.0 Å². The van der Waals surface area contributed by atoms with Crippen molar-refractivity contribution in [1.29, 1.82) is 0 Å². The topological polar surface area (TPSA) is 68.3 Å². The normalized spacial score (nSPS) is 9.89. The standard InChI is InChI=1S/C12H15ClN2O3/c1-2-18-11(16)4-3-6-15-12(17)9-5-7-14-8-10(9)13/h5,7-8H,2-4,6H2,1H3,(H,15,17). The van der Waals surface area contributed by atoms with Gasteiger partial charge < -0.3 is 10.1 Å². The molecule has 0 aliphatic heterocycles. The number of carbonyl (C=O) groups is 2. The van der Waals surface area contributed by atoms with Gasteiger partial charge in [0, 0.05) is 25.4 Å². The molecule has 0 radical (unpaired) electrons. The summed E-state index contributed by atoms with van der Waals surface area (Å²) >= 11 is 5.83. The Labute approximate surface area is 110 Å². The molecule has 0 fully saturated rings. The molecule has 1 rings (SSSR count). The number of hydrogen-bond acceptors (Lipinski definition) is 4. The van der Waals surface area contributed by atoms with Crippen molar-refractivity contribution < 1.29 is 14.3 Å². The van der Waals surface area contributed by atoms with Gasteiger partial charge in [0.2, 0.25) is 0 Å². The first-order chi connectivity index (χ1) is 8.65. The Morgan fingerprint density at radius 1 is 1.50 bits per heavy atom.